The van der Waals surface area contributed by atoms with Gasteiger partial charge in [0.15, 0.2) is 0 Å². The van der Waals surface area contributed by atoms with E-state index in [1.165, 1.54) is 47.5 Å². The number of aryl methyl sites for hydroxylation is 1. The lowest BCUT2D eigenvalue weighted by Gasteiger charge is -2.18. The van der Waals surface area contributed by atoms with Gasteiger partial charge in [-0.2, -0.15) is 5.10 Å². The fraction of sp³-hybridized carbons (Fsp3) is 0.432. The number of sulfone groups is 1. The van der Waals surface area contributed by atoms with Crippen molar-refractivity contribution >= 4 is 82.8 Å². The molecule has 1 heterocycles. The van der Waals surface area contributed by atoms with Crippen LogP contribution in [0, 0.1) is 6.92 Å². The summed E-state index contributed by atoms with van der Waals surface area (Å²) in [5, 5.41) is 21.1. The molecule has 4 amide bonds. The molecule has 0 aliphatic carbocycles. The largest absolute Gasteiger partial charge is 0.481 e. The van der Waals surface area contributed by atoms with Crippen LogP contribution in [0.25, 0.3) is 11.1 Å². The molecular weight excluding hydrogens is 783 g/mol. The SMILES string of the molecule is CSc1sc(C=NNC(=O)OC(C)(C)C)cc1S(=O)(=O)c1cccc(-c2c(C)cc(NC(=O)OCC[Si](C)(C)C)cc2NC(=O)NCCCCCC(=O)O)c1. The molecule has 1 aromatic heterocycles. The summed E-state index contributed by atoms with van der Waals surface area (Å²) >= 11 is 2.47. The maximum absolute atomic E-state index is 14.1. The van der Waals surface area contributed by atoms with Crippen molar-refractivity contribution < 1.29 is 42.2 Å². The van der Waals surface area contributed by atoms with Crippen LogP contribution in [0.5, 0.6) is 0 Å². The average molecular weight is 834 g/mol. The first kappa shape index (κ1) is 45.0. The third kappa shape index (κ3) is 15.0. The van der Waals surface area contributed by atoms with Crippen LogP contribution in [0.2, 0.25) is 25.7 Å². The lowest BCUT2D eigenvalue weighted by atomic mass is 9.97. The third-order valence-electron chi connectivity index (χ3n) is 7.61. The number of hydrogen-bond donors (Lipinski definition) is 5. The van der Waals surface area contributed by atoms with E-state index in [0.717, 1.165) is 6.04 Å². The number of anilines is 2. The Labute approximate surface area is 332 Å². The lowest BCUT2D eigenvalue weighted by Crippen LogP contribution is -2.30. The number of carboxylic acid groups (broad SMARTS) is 1. The van der Waals surface area contributed by atoms with E-state index in [2.05, 4.69) is 46.1 Å². The number of nitrogens with zero attached hydrogens (tertiary/aromatic N) is 1. The number of amides is 4. The number of nitrogens with one attached hydrogen (secondary N) is 4. The molecular formula is C37H51N5O9S3Si. The number of urea groups is 1. The smallest absolute Gasteiger partial charge is 0.428 e. The van der Waals surface area contributed by atoms with Gasteiger partial charge in [0.2, 0.25) is 9.84 Å². The van der Waals surface area contributed by atoms with Crippen molar-refractivity contribution in [1.29, 1.82) is 0 Å². The number of benzene rings is 2. The minimum absolute atomic E-state index is 0.0119. The first-order chi connectivity index (χ1) is 25.7. The van der Waals surface area contributed by atoms with E-state index in [9.17, 15) is 27.6 Å². The highest BCUT2D eigenvalue weighted by Crippen LogP contribution is 2.39. The molecule has 0 saturated heterocycles. The van der Waals surface area contributed by atoms with E-state index in [-0.39, 0.29) is 22.8 Å². The van der Waals surface area contributed by atoms with Crippen molar-refractivity contribution in [2.45, 2.75) is 98.7 Å². The number of carboxylic acids is 1. The topological polar surface area (TPSA) is 202 Å². The molecule has 18 heteroatoms. The third-order valence-corrected chi connectivity index (χ3v) is 13.6. The van der Waals surface area contributed by atoms with Gasteiger partial charge in [0, 0.05) is 37.2 Å². The Bertz CT molecular complexity index is 1990. The molecule has 300 valence electrons. The Morgan fingerprint density at radius 1 is 1.00 bits per heavy atom. The highest BCUT2D eigenvalue weighted by atomic mass is 32.2. The van der Waals surface area contributed by atoms with Crippen molar-refractivity contribution in [2.24, 2.45) is 5.10 Å². The van der Waals surface area contributed by atoms with Crippen molar-refractivity contribution in [1.82, 2.24) is 10.7 Å². The summed E-state index contributed by atoms with van der Waals surface area (Å²) in [5.41, 5.74) is 3.91. The monoisotopic (exact) mass is 833 g/mol. The Morgan fingerprint density at radius 3 is 2.38 bits per heavy atom. The van der Waals surface area contributed by atoms with Gasteiger partial charge < -0.3 is 25.2 Å². The number of carbonyl (C=O) groups excluding carboxylic acids is 3. The molecule has 0 spiro atoms. The lowest BCUT2D eigenvalue weighted by molar-refractivity contribution is -0.137. The van der Waals surface area contributed by atoms with E-state index in [4.69, 9.17) is 14.6 Å². The number of rotatable bonds is 17. The zero-order chi connectivity index (χ0) is 41.0. The standard InChI is InChI=1S/C37H51N5O9S3Si/c1-24-19-26(40-35(46)50-17-18-55(6,7)8)21-29(41-34(45)38-16-11-9-10-15-31(43)44)32(24)25-13-12-14-28(20-25)54(48,49)30-22-27(53-33(30)52-5)23-39-42-36(47)51-37(2,3)4/h12-14,19-23H,9-11,15-18H2,1-8H3,(H,40,46)(H,42,47)(H,43,44)(H2,38,41,45). The predicted octanol–water partition coefficient (Wildman–Crippen LogP) is 8.79. The maximum Gasteiger partial charge on any atom is 0.428 e. The molecule has 0 unspecified atom stereocenters. The quantitative estimate of drug-likeness (QED) is 0.0288. The van der Waals surface area contributed by atoms with Crippen molar-refractivity contribution in [3.05, 3.63) is 52.9 Å². The van der Waals surface area contributed by atoms with Crippen LogP contribution in [0.3, 0.4) is 0 Å². The second-order valence-electron chi connectivity index (χ2n) is 14.8. The Morgan fingerprint density at radius 2 is 1.73 bits per heavy atom. The predicted molar refractivity (Wildman–Crippen MR) is 221 cm³/mol. The molecule has 3 aromatic rings. The molecule has 2 aromatic carbocycles. The van der Waals surface area contributed by atoms with Gasteiger partial charge in [0.05, 0.1) is 32.5 Å². The van der Waals surface area contributed by atoms with Crippen LogP contribution in [0.15, 0.2) is 61.6 Å². The van der Waals surface area contributed by atoms with Crippen LogP contribution in [-0.2, 0) is 24.1 Å². The Kier molecular flexibility index (Phi) is 16.3. The fourth-order valence-electron chi connectivity index (χ4n) is 5.05. The van der Waals surface area contributed by atoms with Gasteiger partial charge in [-0.25, -0.2) is 28.2 Å². The van der Waals surface area contributed by atoms with Gasteiger partial charge in [-0.05, 0) is 94.3 Å². The average Bonchev–Trinajstić information content (AvgIpc) is 3.49. The number of thioether (sulfide) groups is 1. The molecule has 0 aliphatic heterocycles. The number of thiophene rings is 1. The van der Waals surface area contributed by atoms with Gasteiger partial charge in [-0.15, -0.1) is 23.1 Å². The Hall–Kier alpha value is -4.39. The zero-order valence-electron chi connectivity index (χ0n) is 32.5. The Balaban J connectivity index is 1.94. The fourth-order valence-corrected chi connectivity index (χ4v) is 9.71. The summed E-state index contributed by atoms with van der Waals surface area (Å²) in [7, 11) is -5.50. The van der Waals surface area contributed by atoms with E-state index in [0.29, 0.717) is 63.0 Å². The maximum atomic E-state index is 14.1. The minimum Gasteiger partial charge on any atom is -0.481 e. The molecule has 0 bridgehead atoms. The molecule has 0 aliphatic rings. The molecule has 0 saturated carbocycles. The van der Waals surface area contributed by atoms with Gasteiger partial charge in [-0.3, -0.25) is 10.1 Å². The summed E-state index contributed by atoms with van der Waals surface area (Å²) in [6.07, 6.45) is 3.48. The number of hydrazone groups is 1. The van der Waals surface area contributed by atoms with Crippen molar-refractivity contribution in [2.75, 3.05) is 30.0 Å². The number of ether oxygens (including phenoxy) is 2. The number of carbonyl (C=O) groups is 4. The highest BCUT2D eigenvalue weighted by molar-refractivity contribution is 8.01. The van der Waals surface area contributed by atoms with Crippen LogP contribution in [-0.4, -0.2) is 77.0 Å². The minimum atomic E-state index is -4.07. The van der Waals surface area contributed by atoms with Crippen LogP contribution >= 0.6 is 23.1 Å². The molecule has 14 nitrogen and oxygen atoms in total. The zero-order valence-corrected chi connectivity index (χ0v) is 35.9. The molecule has 0 atom stereocenters. The van der Waals surface area contributed by atoms with Crippen LogP contribution in [0.4, 0.5) is 25.8 Å². The van der Waals surface area contributed by atoms with Gasteiger partial charge in [0.1, 0.15) is 5.60 Å². The molecule has 0 radical (unpaired) electrons. The van der Waals surface area contributed by atoms with Crippen LogP contribution in [0.1, 0.15) is 56.9 Å². The summed E-state index contributed by atoms with van der Waals surface area (Å²) < 4.78 is 39.4. The number of hydrogen-bond acceptors (Lipinski definition) is 11. The summed E-state index contributed by atoms with van der Waals surface area (Å²) in [6.45, 7) is 14.1. The molecule has 3 rings (SSSR count). The molecule has 5 N–H and O–H groups in total. The van der Waals surface area contributed by atoms with Crippen molar-refractivity contribution in [3.63, 3.8) is 0 Å². The second-order valence-corrected chi connectivity index (χ2v) is 24.5. The van der Waals surface area contributed by atoms with E-state index in [1.54, 1.807) is 58.2 Å². The normalized spacial score (nSPS) is 11.9. The van der Waals surface area contributed by atoms with E-state index >= 15 is 0 Å². The van der Waals surface area contributed by atoms with E-state index in [1.807, 2.05) is 0 Å². The summed E-state index contributed by atoms with van der Waals surface area (Å²) in [5.74, 6) is -0.872. The van der Waals surface area contributed by atoms with Gasteiger partial charge in [0.25, 0.3) is 0 Å². The van der Waals surface area contributed by atoms with E-state index < -0.39 is 47.7 Å². The molecule has 0 fully saturated rings. The van der Waals surface area contributed by atoms with Crippen LogP contribution < -0.4 is 21.4 Å². The number of unbranched alkanes of at least 4 members (excludes halogenated alkanes) is 2. The first-order valence-electron chi connectivity index (χ1n) is 17.6. The summed E-state index contributed by atoms with van der Waals surface area (Å²) in [6, 6.07) is 11.4. The van der Waals surface area contributed by atoms with Crippen molar-refractivity contribution in [3.8, 4) is 11.1 Å². The highest BCUT2D eigenvalue weighted by Gasteiger charge is 2.26. The van der Waals surface area contributed by atoms with Gasteiger partial charge in [-0.1, -0.05) is 38.2 Å². The van der Waals surface area contributed by atoms with Gasteiger partial charge >= 0.3 is 24.2 Å². The molecule has 55 heavy (non-hydrogen) atoms. The summed E-state index contributed by atoms with van der Waals surface area (Å²) in [4.78, 5) is 49.2. The second kappa shape index (κ2) is 20.0. The first-order valence-corrected chi connectivity index (χ1v) is 24.8. The number of aliphatic carboxylic acids is 1.